The number of rotatable bonds is 1. The first-order valence-electron chi connectivity index (χ1n) is 12.5. The lowest BCUT2D eigenvalue weighted by molar-refractivity contribution is 0.0665. The molecule has 36 heavy (non-hydrogen) atoms. The Hall–Kier alpha value is -3.88. The Morgan fingerprint density at radius 3 is 2.81 bits per heavy atom. The van der Waals surface area contributed by atoms with Crippen LogP contribution in [0.2, 0.25) is 0 Å². The number of nitrogens with one attached hydrogen (secondary N) is 1. The van der Waals surface area contributed by atoms with Crippen molar-refractivity contribution in [2.75, 3.05) is 33.4 Å². The molecule has 2 aliphatic rings. The predicted molar refractivity (Wildman–Crippen MR) is 134 cm³/mol. The average molecular weight is 490 g/mol. The van der Waals surface area contributed by atoms with E-state index in [0.29, 0.717) is 61.2 Å². The van der Waals surface area contributed by atoms with E-state index in [2.05, 4.69) is 15.6 Å². The van der Waals surface area contributed by atoms with E-state index in [0.717, 1.165) is 37.1 Å². The molecule has 9 nitrogen and oxygen atoms in total. The third-order valence-corrected chi connectivity index (χ3v) is 6.80. The summed E-state index contributed by atoms with van der Waals surface area (Å²) >= 11 is 0. The number of methoxy groups -OCH3 is 1. The summed E-state index contributed by atoms with van der Waals surface area (Å²) in [5.41, 5.74) is 2.78. The van der Waals surface area contributed by atoms with Gasteiger partial charge in [0.2, 0.25) is 0 Å². The normalized spacial score (nSPS) is 19.0. The van der Waals surface area contributed by atoms with E-state index in [1.165, 1.54) is 0 Å². The van der Waals surface area contributed by atoms with Crippen LogP contribution in [0.5, 0.6) is 11.5 Å². The molecule has 1 N–H and O–H groups in total. The van der Waals surface area contributed by atoms with Crippen LogP contribution in [0, 0.1) is 5.92 Å². The van der Waals surface area contributed by atoms with Crippen molar-refractivity contribution in [3.05, 3.63) is 59.8 Å². The van der Waals surface area contributed by atoms with E-state index in [-0.39, 0.29) is 11.8 Å². The van der Waals surface area contributed by atoms with Crippen molar-refractivity contribution in [1.29, 1.82) is 0 Å². The highest BCUT2D eigenvalue weighted by Gasteiger charge is 2.25. The number of amides is 2. The summed E-state index contributed by atoms with van der Waals surface area (Å²) in [5, 5.41) is 11.6. The maximum absolute atomic E-state index is 13.3. The zero-order valence-electron chi connectivity index (χ0n) is 20.5. The van der Waals surface area contributed by atoms with Gasteiger partial charge in [-0.25, -0.2) is 0 Å². The smallest absolute Gasteiger partial charge is 0.253 e. The third kappa shape index (κ3) is 5.35. The SMILES string of the molecule is COc1ccc2cc1OCCCn1cc(nn1)-c1cccc(c1)C(=O)N1CCCC(CCNC2=O)C1. The standard InChI is InChI=1S/C27H31N5O4/c1-35-24-9-8-21-16-25(24)36-14-4-13-32-18-23(29-30-32)20-6-2-7-22(15-20)27(34)31-12-3-5-19(17-31)10-11-28-26(21)33/h2,6-9,15-16,18-19H,3-5,10-14,17H2,1H3,(H,28,33). The summed E-state index contributed by atoms with van der Waals surface area (Å²) in [7, 11) is 1.58. The molecule has 3 heterocycles. The van der Waals surface area contributed by atoms with Gasteiger partial charge in [-0.05, 0) is 55.5 Å². The molecule has 2 aliphatic heterocycles. The Labute approximate surface area is 210 Å². The molecule has 1 aromatic heterocycles. The molecule has 188 valence electrons. The zero-order chi connectivity index (χ0) is 24.9. The molecule has 1 saturated heterocycles. The average Bonchev–Trinajstić information content (AvgIpc) is 3.39. The number of benzene rings is 2. The summed E-state index contributed by atoms with van der Waals surface area (Å²) in [6.45, 7) is 3.03. The lowest BCUT2D eigenvalue weighted by Gasteiger charge is -2.33. The number of fused-ring (bicyclic) bond motifs is 9. The van der Waals surface area contributed by atoms with Gasteiger partial charge in [-0.1, -0.05) is 17.3 Å². The molecule has 0 saturated carbocycles. The molecule has 0 aliphatic carbocycles. The molecular formula is C27H31N5O4. The van der Waals surface area contributed by atoms with Crippen molar-refractivity contribution in [1.82, 2.24) is 25.2 Å². The minimum Gasteiger partial charge on any atom is -0.493 e. The van der Waals surface area contributed by atoms with Gasteiger partial charge in [-0.15, -0.1) is 5.10 Å². The van der Waals surface area contributed by atoms with Crippen molar-refractivity contribution in [2.45, 2.75) is 32.2 Å². The Morgan fingerprint density at radius 1 is 1.03 bits per heavy atom. The predicted octanol–water partition coefficient (Wildman–Crippen LogP) is 3.41. The zero-order valence-corrected chi connectivity index (χ0v) is 20.5. The third-order valence-electron chi connectivity index (χ3n) is 6.80. The van der Waals surface area contributed by atoms with Crippen LogP contribution in [0.1, 0.15) is 46.4 Å². The summed E-state index contributed by atoms with van der Waals surface area (Å²) in [5.74, 6) is 1.35. The Balaban J connectivity index is 1.40. The quantitative estimate of drug-likeness (QED) is 0.563. The highest BCUT2D eigenvalue weighted by Crippen LogP contribution is 2.29. The Morgan fingerprint density at radius 2 is 1.92 bits per heavy atom. The van der Waals surface area contributed by atoms with Gasteiger partial charge in [-0.2, -0.15) is 0 Å². The minimum absolute atomic E-state index is 0.0341. The van der Waals surface area contributed by atoms with Crippen LogP contribution >= 0.6 is 0 Å². The van der Waals surface area contributed by atoms with E-state index in [9.17, 15) is 9.59 Å². The van der Waals surface area contributed by atoms with Crippen LogP contribution in [-0.4, -0.2) is 65.1 Å². The van der Waals surface area contributed by atoms with Crippen LogP contribution in [-0.2, 0) is 6.54 Å². The number of aromatic nitrogens is 3. The molecule has 1 fully saturated rings. The highest BCUT2D eigenvalue weighted by molar-refractivity contribution is 5.95. The molecule has 3 aromatic rings. The molecule has 1 atom stereocenters. The molecule has 5 rings (SSSR count). The van der Waals surface area contributed by atoms with Gasteiger partial charge in [0.05, 0.1) is 19.9 Å². The first-order chi connectivity index (χ1) is 17.6. The maximum Gasteiger partial charge on any atom is 0.253 e. The van der Waals surface area contributed by atoms with E-state index in [4.69, 9.17) is 9.47 Å². The van der Waals surface area contributed by atoms with E-state index in [1.54, 1.807) is 30.0 Å². The lowest BCUT2D eigenvalue weighted by Crippen LogP contribution is -2.41. The molecule has 2 amide bonds. The van der Waals surface area contributed by atoms with Gasteiger partial charge in [0, 0.05) is 49.3 Å². The van der Waals surface area contributed by atoms with Crippen LogP contribution in [0.25, 0.3) is 11.3 Å². The molecule has 2 aromatic carbocycles. The second-order valence-electron chi connectivity index (χ2n) is 9.32. The fraction of sp³-hybridized carbons (Fsp3) is 0.407. The van der Waals surface area contributed by atoms with Gasteiger partial charge in [0.15, 0.2) is 11.5 Å². The summed E-state index contributed by atoms with van der Waals surface area (Å²) in [4.78, 5) is 28.0. The van der Waals surface area contributed by atoms with Crippen molar-refractivity contribution in [3.8, 4) is 22.8 Å². The number of carbonyl (C=O) groups is 2. The van der Waals surface area contributed by atoms with Crippen molar-refractivity contribution < 1.29 is 19.1 Å². The molecule has 0 radical (unpaired) electrons. The van der Waals surface area contributed by atoms with Crippen molar-refractivity contribution in [3.63, 3.8) is 0 Å². The van der Waals surface area contributed by atoms with Gasteiger partial charge in [-0.3, -0.25) is 14.3 Å². The molecule has 9 heteroatoms. The van der Waals surface area contributed by atoms with E-state index >= 15 is 0 Å². The number of aryl methyl sites for hydroxylation is 1. The maximum atomic E-state index is 13.3. The summed E-state index contributed by atoms with van der Waals surface area (Å²) < 4.78 is 13.1. The molecule has 1 unspecified atom stereocenters. The van der Waals surface area contributed by atoms with Gasteiger partial charge < -0.3 is 19.7 Å². The number of hydrogen-bond acceptors (Lipinski definition) is 6. The fourth-order valence-electron chi connectivity index (χ4n) is 4.85. The van der Waals surface area contributed by atoms with E-state index in [1.807, 2.05) is 35.4 Å². The van der Waals surface area contributed by atoms with E-state index < -0.39 is 0 Å². The summed E-state index contributed by atoms with van der Waals surface area (Å²) in [6.07, 6.45) is 5.39. The molecular weight excluding hydrogens is 458 g/mol. The van der Waals surface area contributed by atoms with Gasteiger partial charge >= 0.3 is 0 Å². The number of piperidine rings is 1. The van der Waals surface area contributed by atoms with Gasteiger partial charge in [0.25, 0.3) is 11.8 Å². The Bertz CT molecular complexity index is 1240. The number of hydrogen-bond donors (Lipinski definition) is 1. The highest BCUT2D eigenvalue weighted by atomic mass is 16.5. The first-order valence-corrected chi connectivity index (χ1v) is 12.5. The van der Waals surface area contributed by atoms with Crippen molar-refractivity contribution in [2.24, 2.45) is 5.92 Å². The number of nitrogens with zero attached hydrogens (tertiary/aromatic N) is 4. The molecule has 0 spiro atoms. The van der Waals surface area contributed by atoms with Crippen LogP contribution in [0.3, 0.4) is 0 Å². The van der Waals surface area contributed by atoms with Crippen molar-refractivity contribution >= 4 is 11.8 Å². The topological polar surface area (TPSA) is 98.6 Å². The van der Waals surface area contributed by atoms with Crippen LogP contribution < -0.4 is 14.8 Å². The monoisotopic (exact) mass is 489 g/mol. The largest absolute Gasteiger partial charge is 0.493 e. The number of ether oxygens (including phenoxy) is 2. The fourth-order valence-corrected chi connectivity index (χ4v) is 4.85. The first kappa shape index (κ1) is 23.8. The van der Waals surface area contributed by atoms with Crippen LogP contribution in [0.15, 0.2) is 48.7 Å². The van der Waals surface area contributed by atoms with Gasteiger partial charge in [0.1, 0.15) is 5.69 Å². The lowest BCUT2D eigenvalue weighted by atomic mass is 9.94. The minimum atomic E-state index is -0.149. The second-order valence-corrected chi connectivity index (χ2v) is 9.32. The number of carbonyl (C=O) groups excluding carboxylic acids is 2. The molecule has 8 bridgehead atoms. The van der Waals surface area contributed by atoms with Crippen LogP contribution in [0.4, 0.5) is 0 Å². The summed E-state index contributed by atoms with van der Waals surface area (Å²) in [6, 6.07) is 12.8. The second kappa shape index (κ2) is 10.8. The Kier molecular flexibility index (Phi) is 7.16.